The van der Waals surface area contributed by atoms with Crippen LogP contribution in [-0.4, -0.2) is 57.7 Å². The summed E-state index contributed by atoms with van der Waals surface area (Å²) in [4.78, 5) is 0. The third-order valence-corrected chi connectivity index (χ3v) is 1.85. The van der Waals surface area contributed by atoms with Crippen molar-refractivity contribution >= 4 is 0 Å². The van der Waals surface area contributed by atoms with E-state index in [0.29, 0.717) is 0 Å². The molecule has 1 aliphatic heterocycles. The molecule has 1 heterocycles. The largest absolute Gasteiger partial charge is 0.394 e. The Kier molecular flexibility index (Phi) is 2.67. The Hall–Kier alpha value is -0.240. The maximum atomic E-state index is 10.9. The van der Waals surface area contributed by atoms with Crippen molar-refractivity contribution in [3.8, 4) is 0 Å². The molecule has 0 aromatic carbocycles. The molecule has 0 aromatic rings. The van der Waals surface area contributed by atoms with E-state index in [1.807, 2.05) is 0 Å². The highest BCUT2D eigenvalue weighted by atomic mass is 16.6. The normalized spacial score (nSPS) is 41.2. The Morgan fingerprint density at radius 2 is 2.08 bits per heavy atom. The average Bonchev–Trinajstić information content (AvgIpc) is 2.01. The summed E-state index contributed by atoms with van der Waals surface area (Å²) in [5.74, 6) is -2.69. The second-order valence-corrected chi connectivity index (χ2v) is 2.81. The van der Waals surface area contributed by atoms with Gasteiger partial charge in [-0.15, -0.1) is 0 Å². The number of aliphatic hydroxyl groups is 4. The minimum absolute atomic E-state index is 0.506. The van der Waals surface area contributed by atoms with Crippen LogP contribution in [0.2, 0.25) is 0 Å². The number of rotatable bonds is 1. The van der Waals surface area contributed by atoms with Crippen LogP contribution in [-0.2, 0) is 9.84 Å². The molecule has 4 N–H and O–H groups in total. The lowest BCUT2D eigenvalue weighted by Gasteiger charge is -2.37. The van der Waals surface area contributed by atoms with Crippen molar-refractivity contribution in [2.24, 2.45) is 0 Å². The third kappa shape index (κ3) is 1.58. The molecule has 6 nitrogen and oxygen atoms in total. The maximum Gasteiger partial charge on any atom is 0.251 e. The van der Waals surface area contributed by atoms with E-state index in [2.05, 4.69) is 4.74 Å². The summed E-state index contributed by atoms with van der Waals surface area (Å²) in [7, 11) is 0. The average molecular weight is 179 g/mol. The first-order valence-corrected chi connectivity index (χ1v) is 3.50. The van der Waals surface area contributed by atoms with Crippen molar-refractivity contribution in [1.82, 2.24) is 0 Å². The molecular weight excluding hydrogens is 168 g/mol. The highest BCUT2D eigenvalue weighted by Gasteiger charge is 2.48. The second-order valence-electron chi connectivity index (χ2n) is 2.81. The van der Waals surface area contributed by atoms with Gasteiger partial charge in [0.05, 0.1) is 6.61 Å². The van der Waals surface area contributed by atoms with Gasteiger partial charge in [-0.1, -0.05) is 0 Å². The van der Waals surface area contributed by atoms with Gasteiger partial charge in [0.25, 0.3) is 5.79 Å². The van der Waals surface area contributed by atoms with E-state index in [1.54, 1.807) is 0 Å². The van der Waals surface area contributed by atoms with Gasteiger partial charge >= 0.3 is 0 Å². The topological polar surface area (TPSA) is 110 Å². The minimum atomic E-state index is -2.69. The molecular formula is C6H11O6. The Balaban J connectivity index is 2.65. The summed E-state index contributed by atoms with van der Waals surface area (Å²) < 4.78 is 4.60. The summed E-state index contributed by atoms with van der Waals surface area (Å²) in [5.41, 5.74) is 0. The van der Waals surface area contributed by atoms with Crippen molar-refractivity contribution in [3.05, 3.63) is 0 Å². The molecule has 0 spiro atoms. The summed E-state index contributed by atoms with van der Waals surface area (Å²) in [6, 6.07) is 0. The van der Waals surface area contributed by atoms with E-state index in [4.69, 9.17) is 20.4 Å². The molecule has 6 heteroatoms. The molecule has 71 valence electrons. The molecule has 1 saturated heterocycles. The van der Waals surface area contributed by atoms with Gasteiger partial charge in [0, 0.05) is 0 Å². The molecule has 1 fully saturated rings. The molecule has 0 unspecified atom stereocenters. The van der Waals surface area contributed by atoms with Crippen LogP contribution in [0.15, 0.2) is 0 Å². The Labute approximate surface area is 68.6 Å². The summed E-state index contributed by atoms with van der Waals surface area (Å²) in [6.45, 7) is -1.15. The fourth-order valence-corrected chi connectivity index (χ4v) is 1.04. The van der Waals surface area contributed by atoms with Gasteiger partial charge in [-0.05, 0) is 0 Å². The van der Waals surface area contributed by atoms with Crippen LogP contribution in [0.25, 0.3) is 0 Å². The highest BCUT2D eigenvalue weighted by Crippen LogP contribution is 2.22. The summed E-state index contributed by atoms with van der Waals surface area (Å²) in [6.07, 6.45) is -4.39. The van der Waals surface area contributed by atoms with Gasteiger partial charge in [-0.2, -0.15) is 5.11 Å². The second kappa shape index (κ2) is 3.25. The first-order valence-electron chi connectivity index (χ1n) is 3.50. The first kappa shape index (κ1) is 9.85. The van der Waals surface area contributed by atoms with Crippen molar-refractivity contribution < 1.29 is 30.3 Å². The van der Waals surface area contributed by atoms with Crippen LogP contribution in [0.1, 0.15) is 0 Å². The van der Waals surface area contributed by atoms with Crippen LogP contribution in [0.4, 0.5) is 0 Å². The zero-order chi connectivity index (χ0) is 9.35. The number of aliphatic hydroxyl groups excluding tert-OH is 3. The Bertz CT molecular complexity index is 158. The third-order valence-electron chi connectivity index (χ3n) is 1.85. The van der Waals surface area contributed by atoms with Gasteiger partial charge in [0.2, 0.25) is 0 Å². The van der Waals surface area contributed by atoms with Crippen molar-refractivity contribution in [2.75, 3.05) is 13.2 Å². The molecule has 0 aromatic heterocycles. The molecule has 0 bridgehead atoms. The SMILES string of the molecule is [O][C@]1(O)CO[C@H](CO)[C@@H](O)[C@@H]1O. The summed E-state index contributed by atoms with van der Waals surface area (Å²) >= 11 is 0. The molecule has 1 radical (unpaired) electrons. The van der Waals surface area contributed by atoms with Gasteiger partial charge in [0.15, 0.2) is 0 Å². The van der Waals surface area contributed by atoms with Gasteiger partial charge in [-0.25, -0.2) is 0 Å². The molecule has 0 saturated carbocycles. The number of ether oxygens (including phenoxy) is 1. The molecule has 4 atom stereocenters. The first-order chi connectivity index (χ1) is 5.49. The van der Waals surface area contributed by atoms with E-state index in [1.165, 1.54) is 0 Å². The zero-order valence-corrected chi connectivity index (χ0v) is 6.25. The predicted octanol–water partition coefficient (Wildman–Crippen LogP) is -2.78. The molecule has 0 aliphatic carbocycles. The molecule has 1 aliphatic rings. The maximum absolute atomic E-state index is 10.9. The van der Waals surface area contributed by atoms with Gasteiger partial charge in [-0.3, -0.25) is 0 Å². The monoisotopic (exact) mass is 179 g/mol. The smallest absolute Gasteiger partial charge is 0.251 e. The summed E-state index contributed by atoms with van der Waals surface area (Å²) in [5, 5.41) is 46.4. The van der Waals surface area contributed by atoms with Crippen molar-refractivity contribution in [1.29, 1.82) is 0 Å². The highest BCUT2D eigenvalue weighted by molar-refractivity contribution is 4.90. The van der Waals surface area contributed by atoms with Crippen molar-refractivity contribution in [3.63, 3.8) is 0 Å². The lowest BCUT2D eigenvalue weighted by molar-refractivity contribution is -0.341. The zero-order valence-electron chi connectivity index (χ0n) is 6.25. The number of hydrogen-bond acceptors (Lipinski definition) is 5. The van der Waals surface area contributed by atoms with Crippen LogP contribution < -0.4 is 0 Å². The van der Waals surface area contributed by atoms with E-state index in [0.717, 1.165) is 0 Å². The molecule has 12 heavy (non-hydrogen) atoms. The lowest BCUT2D eigenvalue weighted by atomic mass is 9.98. The van der Waals surface area contributed by atoms with Crippen LogP contribution in [0, 0.1) is 0 Å². The minimum Gasteiger partial charge on any atom is -0.394 e. The van der Waals surface area contributed by atoms with Crippen LogP contribution in [0.3, 0.4) is 0 Å². The Morgan fingerprint density at radius 1 is 1.50 bits per heavy atom. The fourth-order valence-electron chi connectivity index (χ4n) is 1.04. The van der Waals surface area contributed by atoms with Gasteiger partial charge in [0.1, 0.15) is 24.9 Å². The quantitative estimate of drug-likeness (QED) is 0.325. The fraction of sp³-hybridized carbons (Fsp3) is 1.00. The predicted molar refractivity (Wildman–Crippen MR) is 34.5 cm³/mol. The van der Waals surface area contributed by atoms with E-state index >= 15 is 0 Å². The van der Waals surface area contributed by atoms with Crippen molar-refractivity contribution in [2.45, 2.75) is 24.1 Å². The lowest BCUT2D eigenvalue weighted by Crippen LogP contribution is -2.61. The number of hydrogen-bond donors (Lipinski definition) is 4. The Morgan fingerprint density at radius 3 is 2.58 bits per heavy atom. The van der Waals surface area contributed by atoms with E-state index < -0.39 is 37.3 Å². The molecule has 0 amide bonds. The van der Waals surface area contributed by atoms with E-state index in [9.17, 15) is 5.11 Å². The molecule has 1 rings (SSSR count). The van der Waals surface area contributed by atoms with Gasteiger partial charge < -0.3 is 25.2 Å². The standard InChI is InChI=1S/C6H11O6/c7-1-3-4(8)5(9)6(10,11)2-12-3/h3-5,7-10H,1-2H2/t3-,4-,5+,6-/m1/s1. The van der Waals surface area contributed by atoms with E-state index in [-0.39, 0.29) is 0 Å². The van der Waals surface area contributed by atoms with Crippen LogP contribution in [0.5, 0.6) is 0 Å². The van der Waals surface area contributed by atoms with Crippen LogP contribution >= 0.6 is 0 Å².